The number of fused-ring (bicyclic) bond motifs is 1. The van der Waals surface area contributed by atoms with Gasteiger partial charge in [0.15, 0.2) is 11.4 Å². The Hall–Kier alpha value is -1.42. The Bertz CT molecular complexity index is 517. The lowest BCUT2D eigenvalue weighted by molar-refractivity contribution is 0.508. The van der Waals surface area contributed by atoms with Crippen molar-refractivity contribution in [3.8, 4) is 0 Å². The molecule has 2 aromatic rings. The van der Waals surface area contributed by atoms with Gasteiger partial charge in [0.05, 0.1) is 11.6 Å². The van der Waals surface area contributed by atoms with Crippen LogP contribution in [0.1, 0.15) is 18.9 Å². The molecule has 92 valence electrons. The number of hydrogen-bond acceptors (Lipinski definition) is 2. The average Bonchev–Trinajstić information content (AvgIpc) is 2.81. The molecule has 17 heavy (non-hydrogen) atoms. The van der Waals surface area contributed by atoms with Crippen molar-refractivity contribution in [2.75, 3.05) is 7.05 Å². The Morgan fingerprint density at radius 1 is 1.41 bits per heavy atom. The maximum Gasteiger partial charge on any atom is 0.172 e. The summed E-state index contributed by atoms with van der Waals surface area (Å²) in [6.45, 7) is 2.00. The Kier molecular flexibility index (Phi) is 3.43. The van der Waals surface area contributed by atoms with E-state index in [1.54, 1.807) is 0 Å². The zero-order chi connectivity index (χ0) is 12.4. The number of likely N-dealkylation sites (N-methyl/N-ethyl adjacent to an activating group) is 1. The molecule has 0 aliphatic rings. The predicted molar refractivity (Wildman–Crippen MR) is 63.0 cm³/mol. The highest BCUT2D eigenvalue weighted by atomic mass is 19.1. The number of hydrogen-bond donors (Lipinski definition) is 1. The number of furan rings is 1. The van der Waals surface area contributed by atoms with Gasteiger partial charge in [-0.15, -0.1) is 0 Å². The molecule has 1 unspecified atom stereocenters. The molecule has 1 N–H and O–H groups in total. The second-order valence-electron chi connectivity index (χ2n) is 4.09. The van der Waals surface area contributed by atoms with Crippen molar-refractivity contribution >= 4 is 11.0 Å². The van der Waals surface area contributed by atoms with Gasteiger partial charge in [-0.3, -0.25) is 0 Å². The van der Waals surface area contributed by atoms with Gasteiger partial charge in [-0.1, -0.05) is 6.92 Å². The third-order valence-electron chi connectivity index (χ3n) is 3.07. The van der Waals surface area contributed by atoms with Crippen LogP contribution in [0.15, 0.2) is 22.8 Å². The lowest BCUT2D eigenvalue weighted by atomic mass is 10.0. The molecule has 2 rings (SSSR count). The fourth-order valence-corrected chi connectivity index (χ4v) is 1.97. The molecule has 0 aliphatic heterocycles. The van der Waals surface area contributed by atoms with Crippen LogP contribution in [0.2, 0.25) is 0 Å². The van der Waals surface area contributed by atoms with Gasteiger partial charge in [0.25, 0.3) is 0 Å². The summed E-state index contributed by atoms with van der Waals surface area (Å²) in [4.78, 5) is 0. The van der Waals surface area contributed by atoms with Gasteiger partial charge in [-0.25, -0.2) is 8.78 Å². The summed E-state index contributed by atoms with van der Waals surface area (Å²) >= 11 is 0. The van der Waals surface area contributed by atoms with Crippen LogP contribution in [-0.4, -0.2) is 13.1 Å². The lowest BCUT2D eigenvalue weighted by Gasteiger charge is -2.14. The number of benzene rings is 1. The van der Waals surface area contributed by atoms with Crippen LogP contribution in [0.5, 0.6) is 0 Å². The molecule has 0 radical (unpaired) electrons. The molecular weight excluding hydrogens is 224 g/mol. The van der Waals surface area contributed by atoms with E-state index in [0.717, 1.165) is 6.42 Å². The predicted octanol–water partition coefficient (Wildman–Crippen LogP) is 3.25. The largest absolute Gasteiger partial charge is 0.461 e. The Balaban J connectivity index is 2.43. The minimum Gasteiger partial charge on any atom is -0.461 e. The topological polar surface area (TPSA) is 25.2 Å². The highest BCUT2D eigenvalue weighted by molar-refractivity contribution is 5.79. The second kappa shape index (κ2) is 4.84. The van der Waals surface area contributed by atoms with E-state index >= 15 is 0 Å². The first kappa shape index (κ1) is 12.0. The molecule has 0 spiro atoms. The standard InChI is InChI=1S/C13H15F2NO/c1-3-9(16-2)6-8-7-11(14)10-4-5-17-13(10)12(8)15/h4-5,7,9,16H,3,6H2,1-2H3. The SMILES string of the molecule is CCC(Cc1cc(F)c2ccoc2c1F)NC. The first-order chi connectivity index (χ1) is 8.17. The summed E-state index contributed by atoms with van der Waals surface area (Å²) in [5, 5.41) is 3.27. The Labute approximate surface area is 98.6 Å². The minimum absolute atomic E-state index is 0.00551. The van der Waals surface area contributed by atoms with Crippen LogP contribution in [0.4, 0.5) is 8.78 Å². The van der Waals surface area contributed by atoms with Crippen LogP contribution in [0.25, 0.3) is 11.0 Å². The third-order valence-corrected chi connectivity index (χ3v) is 3.07. The Morgan fingerprint density at radius 2 is 2.18 bits per heavy atom. The maximum absolute atomic E-state index is 14.0. The molecule has 0 saturated carbocycles. The third kappa shape index (κ3) is 2.17. The monoisotopic (exact) mass is 239 g/mol. The first-order valence-electron chi connectivity index (χ1n) is 5.68. The van der Waals surface area contributed by atoms with Crippen molar-refractivity contribution in [3.63, 3.8) is 0 Å². The molecule has 0 fully saturated rings. The van der Waals surface area contributed by atoms with Crippen LogP contribution in [0.3, 0.4) is 0 Å². The molecule has 2 nitrogen and oxygen atoms in total. The average molecular weight is 239 g/mol. The molecule has 0 bridgehead atoms. The van der Waals surface area contributed by atoms with Gasteiger partial charge in [0.1, 0.15) is 5.82 Å². The van der Waals surface area contributed by atoms with Crippen LogP contribution in [0, 0.1) is 11.6 Å². The highest BCUT2D eigenvalue weighted by Crippen LogP contribution is 2.26. The summed E-state index contributed by atoms with van der Waals surface area (Å²) in [5.41, 5.74) is 0.358. The number of nitrogens with one attached hydrogen (secondary N) is 1. The van der Waals surface area contributed by atoms with E-state index in [1.807, 2.05) is 14.0 Å². The second-order valence-corrected chi connectivity index (χ2v) is 4.09. The molecule has 1 aromatic heterocycles. The zero-order valence-electron chi connectivity index (χ0n) is 9.89. The molecular formula is C13H15F2NO. The van der Waals surface area contributed by atoms with Gasteiger partial charge in [0, 0.05) is 6.04 Å². The summed E-state index contributed by atoms with van der Waals surface area (Å²) in [7, 11) is 1.81. The van der Waals surface area contributed by atoms with Crippen molar-refractivity contribution in [2.45, 2.75) is 25.8 Å². The molecule has 4 heteroatoms. The summed E-state index contributed by atoms with van der Waals surface area (Å²) in [6, 6.07) is 2.83. The fraction of sp³-hybridized carbons (Fsp3) is 0.385. The smallest absolute Gasteiger partial charge is 0.172 e. The van der Waals surface area contributed by atoms with E-state index < -0.39 is 11.6 Å². The minimum atomic E-state index is -0.458. The molecule has 1 aromatic carbocycles. The summed E-state index contributed by atoms with van der Waals surface area (Å²) < 4.78 is 32.7. The van der Waals surface area contributed by atoms with E-state index in [1.165, 1.54) is 18.4 Å². The van der Waals surface area contributed by atoms with Crippen molar-refractivity contribution in [3.05, 3.63) is 35.6 Å². The van der Waals surface area contributed by atoms with Crippen molar-refractivity contribution in [2.24, 2.45) is 0 Å². The number of rotatable bonds is 4. The van der Waals surface area contributed by atoms with Crippen molar-refractivity contribution < 1.29 is 13.2 Å². The Morgan fingerprint density at radius 3 is 2.82 bits per heavy atom. The zero-order valence-corrected chi connectivity index (χ0v) is 9.89. The van der Waals surface area contributed by atoms with Crippen molar-refractivity contribution in [1.29, 1.82) is 0 Å². The lowest BCUT2D eigenvalue weighted by Crippen LogP contribution is -2.27. The van der Waals surface area contributed by atoms with Gasteiger partial charge >= 0.3 is 0 Å². The van der Waals surface area contributed by atoms with E-state index in [0.29, 0.717) is 12.0 Å². The van der Waals surface area contributed by atoms with Gasteiger partial charge in [0.2, 0.25) is 0 Å². The summed E-state index contributed by atoms with van der Waals surface area (Å²) in [6.07, 6.45) is 2.61. The highest BCUT2D eigenvalue weighted by Gasteiger charge is 2.16. The maximum atomic E-state index is 14.0. The van der Waals surface area contributed by atoms with E-state index in [-0.39, 0.29) is 17.0 Å². The fourth-order valence-electron chi connectivity index (χ4n) is 1.97. The number of halogens is 2. The quantitative estimate of drug-likeness (QED) is 0.886. The van der Waals surface area contributed by atoms with E-state index in [2.05, 4.69) is 5.32 Å². The summed E-state index contributed by atoms with van der Waals surface area (Å²) in [5.74, 6) is -0.892. The first-order valence-corrected chi connectivity index (χ1v) is 5.68. The molecule has 1 heterocycles. The van der Waals surface area contributed by atoms with Crippen LogP contribution >= 0.6 is 0 Å². The van der Waals surface area contributed by atoms with Crippen LogP contribution < -0.4 is 5.32 Å². The molecule has 0 saturated heterocycles. The molecule has 0 amide bonds. The van der Waals surface area contributed by atoms with Gasteiger partial charge < -0.3 is 9.73 Å². The van der Waals surface area contributed by atoms with Crippen LogP contribution in [-0.2, 0) is 6.42 Å². The molecule has 1 atom stereocenters. The van der Waals surface area contributed by atoms with E-state index in [4.69, 9.17) is 4.42 Å². The van der Waals surface area contributed by atoms with Gasteiger partial charge in [-0.2, -0.15) is 0 Å². The van der Waals surface area contributed by atoms with E-state index in [9.17, 15) is 8.78 Å². The van der Waals surface area contributed by atoms with Gasteiger partial charge in [-0.05, 0) is 37.6 Å². The molecule has 0 aliphatic carbocycles. The van der Waals surface area contributed by atoms with Crippen molar-refractivity contribution in [1.82, 2.24) is 5.32 Å². The normalized spacial score (nSPS) is 13.2.